The lowest BCUT2D eigenvalue weighted by Crippen LogP contribution is -1.94. The number of nitrogens with zero attached hydrogens (tertiary/aromatic N) is 6. The van der Waals surface area contributed by atoms with E-state index < -0.39 is 0 Å². The summed E-state index contributed by atoms with van der Waals surface area (Å²) in [5.41, 5.74) is 4.96. The van der Waals surface area contributed by atoms with E-state index in [2.05, 4.69) is 49.9 Å². The van der Waals surface area contributed by atoms with E-state index in [9.17, 15) is 0 Å². The number of hydrogen-bond acceptors (Lipinski definition) is 7. The van der Waals surface area contributed by atoms with Crippen LogP contribution < -0.4 is 5.32 Å². The molecule has 5 aromatic rings. The summed E-state index contributed by atoms with van der Waals surface area (Å²) in [6.07, 6.45) is 7.45. The molecule has 0 bridgehead atoms. The molecule has 8 heteroatoms. The van der Waals surface area contributed by atoms with E-state index in [-0.39, 0.29) is 0 Å². The van der Waals surface area contributed by atoms with Crippen LogP contribution in [0.15, 0.2) is 67.1 Å². The smallest absolute Gasteiger partial charge is 0.211 e. The van der Waals surface area contributed by atoms with Gasteiger partial charge in [0.25, 0.3) is 0 Å². The highest BCUT2D eigenvalue weighted by Gasteiger charge is 2.08. The maximum atomic E-state index is 4.70. The number of anilines is 2. The van der Waals surface area contributed by atoms with Gasteiger partial charge in [-0.05, 0) is 30.2 Å². The summed E-state index contributed by atoms with van der Waals surface area (Å²) < 4.78 is 1.77. The summed E-state index contributed by atoms with van der Waals surface area (Å²) in [5.74, 6) is 0.721. The lowest BCUT2D eigenvalue weighted by Gasteiger charge is -2.04. The van der Waals surface area contributed by atoms with Crippen LogP contribution in [0.2, 0.25) is 0 Å². The summed E-state index contributed by atoms with van der Waals surface area (Å²) in [5, 5.41) is 17.8. The molecule has 4 heterocycles. The summed E-state index contributed by atoms with van der Waals surface area (Å²) in [4.78, 5) is 9.22. The van der Waals surface area contributed by atoms with Crippen molar-refractivity contribution in [1.29, 1.82) is 0 Å². The van der Waals surface area contributed by atoms with Crippen LogP contribution in [0.5, 0.6) is 0 Å². The van der Waals surface area contributed by atoms with E-state index >= 15 is 0 Å². The van der Waals surface area contributed by atoms with E-state index in [1.807, 2.05) is 49.9 Å². The summed E-state index contributed by atoms with van der Waals surface area (Å²) >= 11 is 1.56. The summed E-state index contributed by atoms with van der Waals surface area (Å²) in [6, 6.07) is 16.3. The number of benzene rings is 1. The van der Waals surface area contributed by atoms with E-state index in [4.69, 9.17) is 4.98 Å². The number of fused-ring (bicyclic) bond motifs is 1. The minimum Gasteiger partial charge on any atom is -0.315 e. The zero-order valence-electron chi connectivity index (χ0n) is 16.4. The van der Waals surface area contributed by atoms with Gasteiger partial charge in [0, 0.05) is 37.0 Å². The van der Waals surface area contributed by atoms with Crippen LogP contribution in [-0.2, 0) is 19.9 Å². The van der Waals surface area contributed by atoms with Gasteiger partial charge in [-0.15, -0.1) is 10.2 Å². The first-order valence-electron chi connectivity index (χ1n) is 9.62. The second-order valence-corrected chi connectivity index (χ2v) is 8.04. The number of rotatable bonds is 6. The summed E-state index contributed by atoms with van der Waals surface area (Å²) in [7, 11) is 1.90. The molecule has 0 unspecified atom stereocenters. The molecule has 1 N–H and O–H groups in total. The molecule has 30 heavy (non-hydrogen) atoms. The molecular weight excluding hydrogens is 394 g/mol. The van der Waals surface area contributed by atoms with Gasteiger partial charge in [-0.2, -0.15) is 5.10 Å². The normalized spacial score (nSPS) is 11.1. The quantitative estimate of drug-likeness (QED) is 0.444. The molecule has 0 fully saturated rings. The van der Waals surface area contributed by atoms with Gasteiger partial charge in [0.05, 0.1) is 17.2 Å². The Morgan fingerprint density at radius 3 is 2.67 bits per heavy atom. The molecule has 5 rings (SSSR count). The van der Waals surface area contributed by atoms with Crippen LogP contribution in [0.25, 0.3) is 22.2 Å². The van der Waals surface area contributed by atoms with Gasteiger partial charge in [0.1, 0.15) is 10.8 Å². The topological polar surface area (TPSA) is 81.4 Å². The molecule has 0 saturated heterocycles. The highest BCUT2D eigenvalue weighted by Crippen LogP contribution is 2.25. The van der Waals surface area contributed by atoms with Crippen molar-refractivity contribution in [1.82, 2.24) is 29.9 Å². The second kappa shape index (κ2) is 8.00. The first kappa shape index (κ1) is 18.4. The van der Waals surface area contributed by atoms with Crippen LogP contribution in [0.1, 0.15) is 10.6 Å². The van der Waals surface area contributed by atoms with Crippen molar-refractivity contribution >= 4 is 33.3 Å². The van der Waals surface area contributed by atoms with Crippen LogP contribution >= 0.6 is 11.3 Å². The predicted octanol–water partition coefficient (Wildman–Crippen LogP) is 4.41. The Balaban J connectivity index is 1.32. The Hall–Kier alpha value is -3.65. The molecule has 7 nitrogen and oxygen atoms in total. The number of hydrogen-bond donors (Lipinski definition) is 1. The zero-order valence-corrected chi connectivity index (χ0v) is 17.2. The number of aromatic nitrogens is 6. The Labute approximate surface area is 177 Å². The lowest BCUT2D eigenvalue weighted by molar-refractivity contribution is 0.768. The molecule has 0 aliphatic rings. The van der Waals surface area contributed by atoms with E-state index in [1.165, 1.54) is 5.56 Å². The first-order chi connectivity index (χ1) is 14.7. The third kappa shape index (κ3) is 4.04. The standard InChI is InChI=1S/C22H19N7S/c1-29-14-17(13-24-29)16-11-19-18(23-12-16)8-9-20(25-19)26-22-28-27-21(30-22)10-7-15-5-3-2-4-6-15/h2-6,8-9,11-14H,7,10H2,1H3,(H,25,26,28). The Kier molecular flexibility index (Phi) is 4.90. The predicted molar refractivity (Wildman–Crippen MR) is 119 cm³/mol. The molecule has 0 aliphatic carbocycles. The van der Waals surface area contributed by atoms with Gasteiger partial charge in [-0.3, -0.25) is 9.67 Å². The van der Waals surface area contributed by atoms with Crippen molar-refractivity contribution in [2.45, 2.75) is 12.8 Å². The van der Waals surface area contributed by atoms with Crippen LogP contribution in [0, 0.1) is 0 Å². The average Bonchev–Trinajstić information content (AvgIpc) is 3.41. The fraction of sp³-hybridized carbons (Fsp3) is 0.136. The zero-order chi connectivity index (χ0) is 20.3. The van der Waals surface area contributed by atoms with Crippen molar-refractivity contribution in [3.63, 3.8) is 0 Å². The highest BCUT2D eigenvalue weighted by atomic mass is 32.1. The molecular formula is C22H19N7S. The monoisotopic (exact) mass is 413 g/mol. The van der Waals surface area contributed by atoms with Crippen molar-refractivity contribution in [2.24, 2.45) is 7.05 Å². The third-order valence-corrected chi connectivity index (χ3v) is 5.65. The molecule has 0 aliphatic heterocycles. The minimum absolute atomic E-state index is 0.721. The van der Waals surface area contributed by atoms with Gasteiger partial charge in [-0.25, -0.2) is 4.98 Å². The molecule has 4 aromatic heterocycles. The van der Waals surface area contributed by atoms with Crippen molar-refractivity contribution in [3.8, 4) is 11.1 Å². The SMILES string of the molecule is Cn1cc(-c2cnc3ccc(Nc4nnc(CCc5ccccc5)s4)nc3c2)cn1. The van der Waals surface area contributed by atoms with Crippen molar-refractivity contribution in [2.75, 3.05) is 5.32 Å². The van der Waals surface area contributed by atoms with Gasteiger partial charge >= 0.3 is 0 Å². The largest absolute Gasteiger partial charge is 0.315 e. The maximum absolute atomic E-state index is 4.70. The van der Waals surface area contributed by atoms with E-state index in [1.54, 1.807) is 16.0 Å². The second-order valence-electron chi connectivity index (χ2n) is 6.97. The van der Waals surface area contributed by atoms with Crippen molar-refractivity contribution < 1.29 is 0 Å². The minimum atomic E-state index is 0.721. The Morgan fingerprint density at radius 2 is 1.83 bits per heavy atom. The fourth-order valence-corrected chi connectivity index (χ4v) is 3.96. The van der Waals surface area contributed by atoms with Gasteiger partial charge < -0.3 is 5.32 Å². The van der Waals surface area contributed by atoms with Gasteiger partial charge in [-0.1, -0.05) is 41.7 Å². The van der Waals surface area contributed by atoms with E-state index in [0.29, 0.717) is 0 Å². The molecule has 0 radical (unpaired) electrons. The Bertz CT molecular complexity index is 1290. The summed E-state index contributed by atoms with van der Waals surface area (Å²) in [6.45, 7) is 0. The molecule has 148 valence electrons. The molecule has 0 saturated carbocycles. The van der Waals surface area contributed by atoms with E-state index in [0.717, 1.165) is 51.0 Å². The molecule has 1 aromatic carbocycles. The van der Waals surface area contributed by atoms with Crippen molar-refractivity contribution in [3.05, 3.63) is 77.7 Å². The number of aryl methyl sites for hydroxylation is 3. The highest BCUT2D eigenvalue weighted by molar-refractivity contribution is 7.15. The Morgan fingerprint density at radius 1 is 0.933 bits per heavy atom. The van der Waals surface area contributed by atoms with Crippen LogP contribution in [0.4, 0.5) is 10.9 Å². The maximum Gasteiger partial charge on any atom is 0.211 e. The van der Waals surface area contributed by atoms with Crippen LogP contribution in [0.3, 0.4) is 0 Å². The van der Waals surface area contributed by atoms with Crippen LogP contribution in [-0.4, -0.2) is 29.9 Å². The average molecular weight is 414 g/mol. The first-order valence-corrected chi connectivity index (χ1v) is 10.4. The van der Waals surface area contributed by atoms with Gasteiger partial charge in [0.15, 0.2) is 0 Å². The number of pyridine rings is 2. The molecule has 0 amide bonds. The van der Waals surface area contributed by atoms with Gasteiger partial charge in [0.2, 0.25) is 5.13 Å². The molecule has 0 atom stereocenters. The number of nitrogens with one attached hydrogen (secondary N) is 1. The lowest BCUT2D eigenvalue weighted by atomic mass is 10.1. The fourth-order valence-electron chi connectivity index (χ4n) is 3.22. The third-order valence-electron chi connectivity index (χ3n) is 4.75. The molecule has 0 spiro atoms.